The van der Waals surface area contributed by atoms with Crippen molar-refractivity contribution in [2.24, 2.45) is 0 Å². The summed E-state index contributed by atoms with van der Waals surface area (Å²) < 4.78 is 0. The third kappa shape index (κ3) is 3.21. The Morgan fingerprint density at radius 2 is 2.00 bits per heavy atom. The monoisotopic (exact) mass is 191 g/mol. The van der Waals surface area contributed by atoms with Crippen molar-refractivity contribution < 1.29 is 4.79 Å². The van der Waals surface area contributed by atoms with Crippen molar-refractivity contribution in [3.05, 3.63) is 35.9 Å². The average Bonchev–Trinajstić information content (AvgIpc) is 2.26. The molecule has 0 aliphatic heterocycles. The minimum Gasteiger partial charge on any atom is -0.359 e. The standard InChI is InChI=1S/C12H17NO/c1-10(8-9-12(14)13-2)11-6-4-3-5-7-11/h3-7,10H,8-9H2,1-2H3,(H,13,14). The molecule has 2 heteroatoms. The molecule has 0 aliphatic carbocycles. The first-order chi connectivity index (χ1) is 6.74. The predicted octanol–water partition coefficient (Wildman–Crippen LogP) is 2.32. The van der Waals surface area contributed by atoms with Crippen molar-refractivity contribution in [3.8, 4) is 0 Å². The molecule has 0 saturated heterocycles. The fraction of sp³-hybridized carbons (Fsp3) is 0.417. The van der Waals surface area contributed by atoms with Crippen LogP contribution in [0.25, 0.3) is 0 Å². The van der Waals surface area contributed by atoms with Crippen LogP contribution in [0.3, 0.4) is 0 Å². The zero-order valence-electron chi connectivity index (χ0n) is 8.79. The lowest BCUT2D eigenvalue weighted by Gasteiger charge is -2.10. The first kappa shape index (κ1) is 10.8. The van der Waals surface area contributed by atoms with Crippen molar-refractivity contribution in [3.63, 3.8) is 0 Å². The number of rotatable bonds is 4. The highest BCUT2D eigenvalue weighted by Crippen LogP contribution is 2.19. The molecule has 0 radical (unpaired) electrons. The van der Waals surface area contributed by atoms with Gasteiger partial charge < -0.3 is 5.32 Å². The van der Waals surface area contributed by atoms with Crippen LogP contribution in [-0.4, -0.2) is 13.0 Å². The van der Waals surface area contributed by atoms with Gasteiger partial charge in [0.15, 0.2) is 0 Å². The second-order valence-electron chi connectivity index (χ2n) is 3.52. The van der Waals surface area contributed by atoms with Crippen LogP contribution in [0, 0.1) is 0 Å². The van der Waals surface area contributed by atoms with Gasteiger partial charge in [0.1, 0.15) is 0 Å². The molecule has 0 fully saturated rings. The molecule has 1 aromatic carbocycles. The Morgan fingerprint density at radius 1 is 1.36 bits per heavy atom. The lowest BCUT2D eigenvalue weighted by atomic mass is 9.96. The van der Waals surface area contributed by atoms with E-state index < -0.39 is 0 Å². The molecule has 1 rings (SSSR count). The number of hydrogen-bond donors (Lipinski definition) is 1. The average molecular weight is 191 g/mol. The van der Waals surface area contributed by atoms with E-state index in [1.165, 1.54) is 5.56 Å². The van der Waals surface area contributed by atoms with Gasteiger partial charge in [0.2, 0.25) is 5.91 Å². The highest BCUT2D eigenvalue weighted by Gasteiger charge is 2.06. The van der Waals surface area contributed by atoms with Gasteiger partial charge in [-0.3, -0.25) is 4.79 Å². The summed E-state index contributed by atoms with van der Waals surface area (Å²) in [5.41, 5.74) is 1.30. The van der Waals surface area contributed by atoms with Crippen LogP contribution in [-0.2, 0) is 4.79 Å². The molecule has 0 aliphatic rings. The fourth-order valence-corrected chi connectivity index (χ4v) is 1.42. The van der Waals surface area contributed by atoms with E-state index in [4.69, 9.17) is 0 Å². The lowest BCUT2D eigenvalue weighted by Crippen LogP contribution is -2.17. The minimum absolute atomic E-state index is 0.118. The zero-order chi connectivity index (χ0) is 10.4. The maximum Gasteiger partial charge on any atom is 0.219 e. The Kier molecular flexibility index (Phi) is 4.17. The summed E-state index contributed by atoms with van der Waals surface area (Å²) in [6.45, 7) is 2.15. The summed E-state index contributed by atoms with van der Waals surface area (Å²) in [5, 5.41) is 2.63. The van der Waals surface area contributed by atoms with E-state index in [0.717, 1.165) is 6.42 Å². The van der Waals surface area contributed by atoms with E-state index in [9.17, 15) is 4.79 Å². The number of hydrogen-bond acceptors (Lipinski definition) is 1. The van der Waals surface area contributed by atoms with E-state index in [-0.39, 0.29) is 5.91 Å². The minimum atomic E-state index is 0.118. The molecule has 0 heterocycles. The van der Waals surface area contributed by atoms with Crippen molar-refractivity contribution in [2.45, 2.75) is 25.7 Å². The van der Waals surface area contributed by atoms with Gasteiger partial charge in [-0.1, -0.05) is 37.3 Å². The number of amides is 1. The lowest BCUT2D eigenvalue weighted by molar-refractivity contribution is -0.120. The molecule has 0 saturated carbocycles. The zero-order valence-corrected chi connectivity index (χ0v) is 8.79. The van der Waals surface area contributed by atoms with E-state index in [1.807, 2.05) is 18.2 Å². The van der Waals surface area contributed by atoms with Crippen LogP contribution in [0.1, 0.15) is 31.2 Å². The summed E-state index contributed by atoms with van der Waals surface area (Å²) in [7, 11) is 1.68. The highest BCUT2D eigenvalue weighted by atomic mass is 16.1. The van der Waals surface area contributed by atoms with E-state index in [0.29, 0.717) is 12.3 Å². The molecule has 0 aromatic heterocycles. The highest BCUT2D eigenvalue weighted by molar-refractivity contribution is 5.75. The van der Waals surface area contributed by atoms with Crippen LogP contribution in [0.15, 0.2) is 30.3 Å². The van der Waals surface area contributed by atoms with Crippen LogP contribution >= 0.6 is 0 Å². The summed E-state index contributed by atoms with van der Waals surface area (Å²) in [6.07, 6.45) is 1.51. The van der Waals surface area contributed by atoms with Gasteiger partial charge in [-0.15, -0.1) is 0 Å². The number of carbonyl (C=O) groups excluding carboxylic acids is 1. The third-order valence-electron chi connectivity index (χ3n) is 2.45. The molecule has 0 bridgehead atoms. The SMILES string of the molecule is CNC(=O)CCC(C)c1ccccc1. The van der Waals surface area contributed by atoms with E-state index in [1.54, 1.807) is 7.05 Å². The van der Waals surface area contributed by atoms with Gasteiger partial charge in [0, 0.05) is 13.5 Å². The summed E-state index contributed by atoms with van der Waals surface area (Å²) >= 11 is 0. The van der Waals surface area contributed by atoms with Crippen LogP contribution < -0.4 is 5.32 Å². The molecular weight excluding hydrogens is 174 g/mol. The van der Waals surface area contributed by atoms with Crippen molar-refractivity contribution in [2.75, 3.05) is 7.05 Å². The Labute approximate surface area is 85.3 Å². The number of nitrogens with one attached hydrogen (secondary N) is 1. The molecule has 1 aromatic rings. The largest absolute Gasteiger partial charge is 0.359 e. The van der Waals surface area contributed by atoms with Gasteiger partial charge >= 0.3 is 0 Å². The van der Waals surface area contributed by atoms with Gasteiger partial charge in [-0.25, -0.2) is 0 Å². The number of carbonyl (C=O) groups is 1. The van der Waals surface area contributed by atoms with Crippen molar-refractivity contribution in [1.29, 1.82) is 0 Å². The van der Waals surface area contributed by atoms with Crippen LogP contribution in [0.4, 0.5) is 0 Å². The molecule has 0 spiro atoms. The molecule has 76 valence electrons. The summed E-state index contributed by atoms with van der Waals surface area (Å²) in [6, 6.07) is 10.3. The smallest absolute Gasteiger partial charge is 0.219 e. The van der Waals surface area contributed by atoms with Gasteiger partial charge in [0.05, 0.1) is 0 Å². The Hall–Kier alpha value is -1.31. The van der Waals surface area contributed by atoms with Gasteiger partial charge in [0.25, 0.3) is 0 Å². The van der Waals surface area contributed by atoms with Crippen LogP contribution in [0.5, 0.6) is 0 Å². The third-order valence-corrected chi connectivity index (χ3v) is 2.45. The maximum atomic E-state index is 11.0. The first-order valence-corrected chi connectivity index (χ1v) is 4.99. The second-order valence-corrected chi connectivity index (χ2v) is 3.52. The van der Waals surface area contributed by atoms with E-state index >= 15 is 0 Å². The fourth-order valence-electron chi connectivity index (χ4n) is 1.42. The molecule has 1 unspecified atom stereocenters. The Morgan fingerprint density at radius 3 is 2.57 bits per heavy atom. The van der Waals surface area contributed by atoms with Crippen LogP contribution in [0.2, 0.25) is 0 Å². The normalized spacial score (nSPS) is 12.1. The molecule has 1 atom stereocenters. The number of benzene rings is 1. The summed E-state index contributed by atoms with van der Waals surface area (Å²) in [5.74, 6) is 0.571. The molecule has 2 nitrogen and oxygen atoms in total. The molecule has 14 heavy (non-hydrogen) atoms. The predicted molar refractivity (Wildman–Crippen MR) is 58.2 cm³/mol. The quantitative estimate of drug-likeness (QED) is 0.777. The maximum absolute atomic E-state index is 11.0. The summed E-state index contributed by atoms with van der Waals surface area (Å²) in [4.78, 5) is 11.0. The van der Waals surface area contributed by atoms with Gasteiger partial charge in [-0.05, 0) is 17.9 Å². The molecular formula is C12H17NO. The van der Waals surface area contributed by atoms with Crippen molar-refractivity contribution in [1.82, 2.24) is 5.32 Å². The first-order valence-electron chi connectivity index (χ1n) is 4.99. The molecule has 1 N–H and O–H groups in total. The topological polar surface area (TPSA) is 29.1 Å². The Balaban J connectivity index is 2.43. The van der Waals surface area contributed by atoms with Crippen molar-refractivity contribution >= 4 is 5.91 Å². The Bertz CT molecular complexity index is 282. The second kappa shape index (κ2) is 5.43. The molecule has 1 amide bonds. The van der Waals surface area contributed by atoms with E-state index in [2.05, 4.69) is 24.4 Å². The van der Waals surface area contributed by atoms with Gasteiger partial charge in [-0.2, -0.15) is 0 Å².